The fraction of sp³-hybridized carbons (Fsp3) is 0.273. The molecule has 0 bridgehead atoms. The third-order valence-electron chi connectivity index (χ3n) is 2.10. The zero-order valence-electron chi connectivity index (χ0n) is 7.91. The van der Waals surface area contributed by atoms with Crippen LogP contribution in [0, 0.1) is 0 Å². The predicted molar refractivity (Wildman–Crippen MR) is 62.2 cm³/mol. The van der Waals surface area contributed by atoms with Gasteiger partial charge in [-0.1, -0.05) is 18.2 Å². The second kappa shape index (κ2) is 5.17. The molecule has 3 heteroatoms. The van der Waals surface area contributed by atoms with E-state index in [2.05, 4.69) is 22.5 Å². The summed E-state index contributed by atoms with van der Waals surface area (Å²) in [5.74, 6) is 0.240. The van der Waals surface area contributed by atoms with Gasteiger partial charge in [0.2, 0.25) is 0 Å². The van der Waals surface area contributed by atoms with Gasteiger partial charge >= 0.3 is 0 Å². The molecular formula is C11H14BrNO. The molecule has 3 N–H and O–H groups in total. The Morgan fingerprint density at radius 1 is 1.57 bits per heavy atom. The maximum atomic E-state index is 9.71. The number of hydrogen-bond donors (Lipinski definition) is 2. The van der Waals surface area contributed by atoms with Crippen molar-refractivity contribution < 1.29 is 5.11 Å². The van der Waals surface area contributed by atoms with Gasteiger partial charge < -0.3 is 10.8 Å². The summed E-state index contributed by atoms with van der Waals surface area (Å²) in [5, 5.41) is 9.71. The number of nitrogens with two attached hydrogens (primary N) is 1. The number of para-hydroxylation sites is 1. The van der Waals surface area contributed by atoms with Crippen molar-refractivity contribution in [3.63, 3.8) is 0 Å². The van der Waals surface area contributed by atoms with E-state index >= 15 is 0 Å². The third kappa shape index (κ3) is 2.59. The summed E-state index contributed by atoms with van der Waals surface area (Å²) in [7, 11) is 0. The number of halogens is 1. The lowest BCUT2D eigenvalue weighted by molar-refractivity contribution is 0.455. The average molecular weight is 256 g/mol. The van der Waals surface area contributed by atoms with E-state index in [0.717, 1.165) is 18.4 Å². The molecule has 0 saturated heterocycles. The molecular weight excluding hydrogens is 242 g/mol. The first-order valence-electron chi connectivity index (χ1n) is 4.50. The summed E-state index contributed by atoms with van der Waals surface area (Å²) in [5.41, 5.74) is 6.70. The van der Waals surface area contributed by atoms with Crippen molar-refractivity contribution in [2.24, 2.45) is 5.73 Å². The number of allylic oxidation sites excluding steroid dienone is 1. The molecule has 0 aliphatic carbocycles. The first-order valence-corrected chi connectivity index (χ1v) is 5.30. The van der Waals surface area contributed by atoms with Crippen LogP contribution in [0.15, 0.2) is 35.3 Å². The molecule has 14 heavy (non-hydrogen) atoms. The van der Waals surface area contributed by atoms with Crippen LogP contribution in [-0.4, -0.2) is 5.11 Å². The molecule has 0 amide bonds. The molecule has 0 aliphatic heterocycles. The van der Waals surface area contributed by atoms with Gasteiger partial charge in [-0.3, -0.25) is 0 Å². The Morgan fingerprint density at radius 3 is 2.93 bits per heavy atom. The Kier molecular flexibility index (Phi) is 4.17. The van der Waals surface area contributed by atoms with Crippen molar-refractivity contribution in [1.82, 2.24) is 0 Å². The van der Waals surface area contributed by atoms with Gasteiger partial charge in [0.25, 0.3) is 0 Å². The first kappa shape index (κ1) is 11.3. The number of benzene rings is 1. The molecule has 1 atom stereocenters. The highest BCUT2D eigenvalue weighted by molar-refractivity contribution is 9.10. The molecule has 1 rings (SSSR count). The fourth-order valence-corrected chi connectivity index (χ4v) is 1.67. The normalized spacial score (nSPS) is 12.4. The zero-order valence-corrected chi connectivity index (χ0v) is 9.50. The smallest absolute Gasteiger partial charge is 0.134 e. The van der Waals surface area contributed by atoms with Gasteiger partial charge in [-0.05, 0) is 34.8 Å². The summed E-state index contributed by atoms with van der Waals surface area (Å²) in [6.07, 6.45) is 3.48. The van der Waals surface area contributed by atoms with Crippen LogP contribution in [0.3, 0.4) is 0 Å². The van der Waals surface area contributed by atoms with Crippen molar-refractivity contribution in [1.29, 1.82) is 0 Å². The summed E-state index contributed by atoms with van der Waals surface area (Å²) < 4.78 is 0.684. The van der Waals surface area contributed by atoms with Gasteiger partial charge in [0, 0.05) is 11.6 Å². The largest absolute Gasteiger partial charge is 0.506 e. The molecule has 1 aromatic rings. The van der Waals surface area contributed by atoms with E-state index in [4.69, 9.17) is 5.73 Å². The Labute approximate surface area is 92.6 Å². The van der Waals surface area contributed by atoms with E-state index in [-0.39, 0.29) is 11.8 Å². The van der Waals surface area contributed by atoms with E-state index in [1.807, 2.05) is 18.2 Å². The highest BCUT2D eigenvalue weighted by Crippen LogP contribution is 2.32. The number of phenols is 1. The fourth-order valence-electron chi connectivity index (χ4n) is 1.28. The maximum absolute atomic E-state index is 9.71. The van der Waals surface area contributed by atoms with E-state index in [1.54, 1.807) is 6.07 Å². The molecule has 0 saturated carbocycles. The van der Waals surface area contributed by atoms with E-state index in [0.29, 0.717) is 4.47 Å². The monoisotopic (exact) mass is 255 g/mol. The van der Waals surface area contributed by atoms with Crippen molar-refractivity contribution in [3.8, 4) is 5.75 Å². The highest BCUT2D eigenvalue weighted by atomic mass is 79.9. The molecule has 0 heterocycles. The molecule has 0 spiro atoms. The summed E-state index contributed by atoms with van der Waals surface area (Å²) >= 11 is 3.26. The lowest BCUT2D eigenvalue weighted by Gasteiger charge is -2.13. The average Bonchev–Trinajstić information content (AvgIpc) is 2.18. The van der Waals surface area contributed by atoms with Crippen LogP contribution < -0.4 is 5.73 Å². The molecule has 76 valence electrons. The lowest BCUT2D eigenvalue weighted by atomic mass is 10.0. The Hall–Kier alpha value is -0.800. The predicted octanol–water partition coefficient (Wildman–Crippen LogP) is 3.12. The van der Waals surface area contributed by atoms with Crippen LogP contribution in [0.5, 0.6) is 5.75 Å². The molecule has 0 fully saturated rings. The first-order chi connectivity index (χ1) is 6.66. The van der Waals surface area contributed by atoms with Crippen LogP contribution in [0.1, 0.15) is 24.4 Å². The SMILES string of the molecule is C=CCC[C@@H](N)c1cccc(Br)c1O. The Morgan fingerprint density at radius 2 is 2.29 bits per heavy atom. The van der Waals surface area contributed by atoms with Crippen molar-refractivity contribution in [3.05, 3.63) is 40.9 Å². The quantitative estimate of drug-likeness (QED) is 0.813. The molecule has 0 aliphatic rings. The van der Waals surface area contributed by atoms with Gasteiger partial charge in [0.15, 0.2) is 0 Å². The number of hydrogen-bond acceptors (Lipinski definition) is 2. The maximum Gasteiger partial charge on any atom is 0.134 e. The second-order valence-electron chi connectivity index (χ2n) is 3.15. The molecule has 0 unspecified atom stereocenters. The van der Waals surface area contributed by atoms with Gasteiger partial charge in [-0.15, -0.1) is 6.58 Å². The lowest BCUT2D eigenvalue weighted by Crippen LogP contribution is -2.09. The van der Waals surface area contributed by atoms with E-state index in [9.17, 15) is 5.11 Å². The number of phenolic OH excluding ortho intramolecular Hbond substituents is 1. The van der Waals surface area contributed by atoms with E-state index in [1.165, 1.54) is 0 Å². The summed E-state index contributed by atoms with van der Waals surface area (Å²) in [4.78, 5) is 0. The van der Waals surface area contributed by atoms with Crippen LogP contribution in [0.25, 0.3) is 0 Å². The second-order valence-corrected chi connectivity index (χ2v) is 4.00. The van der Waals surface area contributed by atoms with Gasteiger partial charge in [-0.25, -0.2) is 0 Å². The van der Waals surface area contributed by atoms with Crippen molar-refractivity contribution in [2.45, 2.75) is 18.9 Å². The van der Waals surface area contributed by atoms with Crippen LogP contribution in [-0.2, 0) is 0 Å². The van der Waals surface area contributed by atoms with Crippen molar-refractivity contribution in [2.75, 3.05) is 0 Å². The van der Waals surface area contributed by atoms with Crippen LogP contribution in [0.4, 0.5) is 0 Å². The van der Waals surface area contributed by atoms with Crippen LogP contribution in [0.2, 0.25) is 0 Å². The Bertz CT molecular complexity index is 325. The molecule has 0 radical (unpaired) electrons. The van der Waals surface area contributed by atoms with Gasteiger partial charge in [0.1, 0.15) is 5.75 Å². The number of aromatic hydroxyl groups is 1. The minimum Gasteiger partial charge on any atom is -0.506 e. The highest BCUT2D eigenvalue weighted by Gasteiger charge is 2.11. The minimum atomic E-state index is -0.134. The standard InChI is InChI=1S/C11H14BrNO/c1-2-3-7-10(13)8-5-4-6-9(12)11(8)14/h2,4-6,10,14H,1,3,7,13H2/t10-/m1/s1. The number of rotatable bonds is 4. The summed E-state index contributed by atoms with van der Waals surface area (Å²) in [6, 6.07) is 5.37. The zero-order chi connectivity index (χ0) is 10.6. The van der Waals surface area contributed by atoms with Gasteiger partial charge in [0.05, 0.1) is 4.47 Å². The third-order valence-corrected chi connectivity index (χ3v) is 2.74. The van der Waals surface area contributed by atoms with Crippen molar-refractivity contribution >= 4 is 15.9 Å². The van der Waals surface area contributed by atoms with Gasteiger partial charge in [-0.2, -0.15) is 0 Å². The molecule has 2 nitrogen and oxygen atoms in total. The Balaban J connectivity index is 2.83. The minimum absolute atomic E-state index is 0.134. The topological polar surface area (TPSA) is 46.2 Å². The summed E-state index contributed by atoms with van der Waals surface area (Å²) in [6.45, 7) is 3.64. The molecule has 0 aromatic heterocycles. The molecule has 1 aromatic carbocycles. The van der Waals surface area contributed by atoms with Crippen LogP contribution >= 0.6 is 15.9 Å². The van der Waals surface area contributed by atoms with E-state index < -0.39 is 0 Å².